The van der Waals surface area contributed by atoms with Crippen LogP contribution in [-0.2, 0) is 19.5 Å². The van der Waals surface area contributed by atoms with E-state index in [9.17, 15) is 0 Å². The highest BCUT2D eigenvalue weighted by molar-refractivity contribution is 5.79. The van der Waals surface area contributed by atoms with Crippen molar-refractivity contribution in [1.29, 1.82) is 0 Å². The molecule has 1 saturated carbocycles. The highest BCUT2D eigenvalue weighted by atomic mass is 15.3. The van der Waals surface area contributed by atoms with Gasteiger partial charge in [-0.2, -0.15) is 0 Å². The van der Waals surface area contributed by atoms with Gasteiger partial charge in [-0.25, -0.2) is 4.99 Å². The SMILES string of the molecule is CCNC(=NCc1nnc2n1CCC2)NCC1CC1. The van der Waals surface area contributed by atoms with Crippen LogP contribution in [0.1, 0.15) is 37.8 Å². The minimum Gasteiger partial charge on any atom is -0.357 e. The van der Waals surface area contributed by atoms with E-state index < -0.39 is 0 Å². The third-order valence-corrected chi connectivity index (χ3v) is 3.66. The lowest BCUT2D eigenvalue weighted by Gasteiger charge is -2.10. The van der Waals surface area contributed by atoms with E-state index in [1.165, 1.54) is 19.3 Å². The Kier molecular flexibility index (Phi) is 3.66. The first-order valence-electron chi connectivity index (χ1n) is 7.30. The molecule has 19 heavy (non-hydrogen) atoms. The summed E-state index contributed by atoms with van der Waals surface area (Å²) < 4.78 is 2.20. The van der Waals surface area contributed by atoms with Crippen molar-refractivity contribution < 1.29 is 0 Å². The van der Waals surface area contributed by atoms with Crippen LogP contribution in [-0.4, -0.2) is 33.8 Å². The van der Waals surface area contributed by atoms with E-state index in [0.717, 1.165) is 49.6 Å². The molecule has 0 spiro atoms. The van der Waals surface area contributed by atoms with E-state index in [-0.39, 0.29) is 0 Å². The van der Waals surface area contributed by atoms with E-state index in [4.69, 9.17) is 0 Å². The maximum absolute atomic E-state index is 4.60. The van der Waals surface area contributed by atoms with Gasteiger partial charge in [0.1, 0.15) is 12.4 Å². The molecule has 0 aromatic carbocycles. The second-order valence-electron chi connectivity index (χ2n) is 5.31. The first-order chi connectivity index (χ1) is 9.36. The Morgan fingerprint density at radius 3 is 3.05 bits per heavy atom. The molecule has 2 heterocycles. The number of hydrogen-bond acceptors (Lipinski definition) is 3. The predicted octanol–water partition coefficient (Wildman–Crippen LogP) is 0.689. The molecule has 3 rings (SSSR count). The minimum atomic E-state index is 0.604. The molecule has 0 bridgehead atoms. The van der Waals surface area contributed by atoms with Gasteiger partial charge in [-0.15, -0.1) is 10.2 Å². The van der Waals surface area contributed by atoms with E-state index in [1.54, 1.807) is 0 Å². The maximum atomic E-state index is 4.60. The summed E-state index contributed by atoms with van der Waals surface area (Å²) in [5.41, 5.74) is 0. The Morgan fingerprint density at radius 1 is 1.37 bits per heavy atom. The number of guanidine groups is 1. The average Bonchev–Trinajstić information content (AvgIpc) is 2.98. The van der Waals surface area contributed by atoms with Crippen molar-refractivity contribution in [2.24, 2.45) is 10.9 Å². The standard InChI is InChI=1S/C13H22N6/c1-2-14-13(15-8-10-5-6-10)16-9-12-18-17-11-4-3-7-19(11)12/h10H,2-9H2,1H3,(H2,14,15,16). The second kappa shape index (κ2) is 5.59. The van der Waals surface area contributed by atoms with Crippen LogP contribution in [0.4, 0.5) is 0 Å². The lowest BCUT2D eigenvalue weighted by Crippen LogP contribution is -2.38. The lowest BCUT2D eigenvalue weighted by molar-refractivity contribution is 0.681. The summed E-state index contributed by atoms with van der Waals surface area (Å²) in [6.45, 7) is 5.65. The van der Waals surface area contributed by atoms with E-state index in [1.807, 2.05) is 0 Å². The largest absolute Gasteiger partial charge is 0.357 e. The van der Waals surface area contributed by atoms with Crippen molar-refractivity contribution in [1.82, 2.24) is 25.4 Å². The van der Waals surface area contributed by atoms with Crippen LogP contribution in [0.3, 0.4) is 0 Å². The number of aromatic nitrogens is 3. The first-order valence-corrected chi connectivity index (χ1v) is 7.30. The number of aryl methyl sites for hydroxylation is 1. The molecule has 1 aromatic rings. The molecule has 6 heteroatoms. The zero-order chi connectivity index (χ0) is 13.1. The fourth-order valence-electron chi connectivity index (χ4n) is 2.38. The van der Waals surface area contributed by atoms with Gasteiger partial charge < -0.3 is 15.2 Å². The number of nitrogens with zero attached hydrogens (tertiary/aromatic N) is 4. The maximum Gasteiger partial charge on any atom is 0.191 e. The summed E-state index contributed by atoms with van der Waals surface area (Å²) in [6, 6.07) is 0. The van der Waals surface area contributed by atoms with Crippen LogP contribution in [0.15, 0.2) is 4.99 Å². The van der Waals surface area contributed by atoms with Crippen LogP contribution < -0.4 is 10.6 Å². The quantitative estimate of drug-likeness (QED) is 0.605. The topological polar surface area (TPSA) is 67.1 Å². The van der Waals surface area contributed by atoms with Gasteiger partial charge in [0.05, 0.1) is 0 Å². The van der Waals surface area contributed by atoms with E-state index in [0.29, 0.717) is 6.54 Å². The van der Waals surface area contributed by atoms with Gasteiger partial charge in [0, 0.05) is 26.1 Å². The molecule has 6 nitrogen and oxygen atoms in total. The summed E-state index contributed by atoms with van der Waals surface area (Å²) in [5.74, 6) is 3.84. The molecule has 0 amide bonds. The van der Waals surface area contributed by atoms with Crippen molar-refractivity contribution in [2.75, 3.05) is 13.1 Å². The molecule has 1 aliphatic carbocycles. The molecule has 104 valence electrons. The lowest BCUT2D eigenvalue weighted by atomic mass is 10.4. The molecule has 2 N–H and O–H groups in total. The van der Waals surface area contributed by atoms with Gasteiger partial charge in [-0.05, 0) is 32.1 Å². The normalized spacial score (nSPS) is 18.5. The third-order valence-electron chi connectivity index (χ3n) is 3.66. The van der Waals surface area contributed by atoms with Crippen molar-refractivity contribution >= 4 is 5.96 Å². The summed E-state index contributed by atoms with van der Waals surface area (Å²) in [7, 11) is 0. The number of hydrogen-bond donors (Lipinski definition) is 2. The monoisotopic (exact) mass is 262 g/mol. The van der Waals surface area contributed by atoms with E-state index in [2.05, 4.69) is 37.3 Å². The Balaban J connectivity index is 1.60. The summed E-state index contributed by atoms with van der Waals surface area (Å²) >= 11 is 0. The number of aliphatic imine (C=N–C) groups is 1. The molecule has 0 unspecified atom stereocenters. The minimum absolute atomic E-state index is 0.604. The number of rotatable bonds is 5. The number of fused-ring (bicyclic) bond motifs is 1. The van der Waals surface area contributed by atoms with E-state index >= 15 is 0 Å². The van der Waals surface area contributed by atoms with Crippen molar-refractivity contribution in [3.8, 4) is 0 Å². The van der Waals surface area contributed by atoms with Crippen LogP contribution in [0, 0.1) is 5.92 Å². The Morgan fingerprint density at radius 2 is 2.26 bits per heavy atom. The fraction of sp³-hybridized carbons (Fsp3) is 0.769. The molecule has 1 aliphatic heterocycles. The van der Waals surface area contributed by atoms with Crippen LogP contribution in [0.2, 0.25) is 0 Å². The fourth-order valence-corrected chi connectivity index (χ4v) is 2.38. The molecular formula is C13H22N6. The molecule has 1 aromatic heterocycles. The predicted molar refractivity (Wildman–Crippen MR) is 73.9 cm³/mol. The number of nitrogens with one attached hydrogen (secondary N) is 2. The summed E-state index contributed by atoms with van der Waals surface area (Å²) in [6.07, 6.45) is 4.94. The zero-order valence-electron chi connectivity index (χ0n) is 11.5. The average molecular weight is 262 g/mol. The Bertz CT molecular complexity index is 460. The van der Waals surface area contributed by atoms with Gasteiger partial charge in [-0.1, -0.05) is 0 Å². The molecule has 0 saturated heterocycles. The van der Waals surface area contributed by atoms with Crippen LogP contribution in [0.25, 0.3) is 0 Å². The zero-order valence-corrected chi connectivity index (χ0v) is 11.5. The summed E-state index contributed by atoms with van der Waals surface area (Å²) in [5, 5.41) is 15.1. The first kappa shape index (κ1) is 12.4. The van der Waals surface area contributed by atoms with Gasteiger partial charge in [0.15, 0.2) is 11.8 Å². The molecule has 2 aliphatic rings. The van der Waals surface area contributed by atoms with Crippen LogP contribution >= 0.6 is 0 Å². The third kappa shape index (κ3) is 3.05. The van der Waals surface area contributed by atoms with Crippen molar-refractivity contribution in [3.05, 3.63) is 11.6 Å². The van der Waals surface area contributed by atoms with Gasteiger partial charge in [0.2, 0.25) is 0 Å². The second-order valence-corrected chi connectivity index (χ2v) is 5.31. The Hall–Kier alpha value is -1.59. The smallest absolute Gasteiger partial charge is 0.191 e. The van der Waals surface area contributed by atoms with Crippen molar-refractivity contribution in [3.63, 3.8) is 0 Å². The van der Waals surface area contributed by atoms with Gasteiger partial charge in [-0.3, -0.25) is 0 Å². The molecule has 0 atom stereocenters. The van der Waals surface area contributed by atoms with Crippen molar-refractivity contribution in [2.45, 2.75) is 45.7 Å². The molecule has 0 radical (unpaired) electrons. The molecule has 1 fully saturated rings. The molecular weight excluding hydrogens is 240 g/mol. The Labute approximate surface area is 113 Å². The van der Waals surface area contributed by atoms with Crippen LogP contribution in [0.5, 0.6) is 0 Å². The highest BCUT2D eigenvalue weighted by Gasteiger charge is 2.21. The van der Waals surface area contributed by atoms with Gasteiger partial charge in [0.25, 0.3) is 0 Å². The van der Waals surface area contributed by atoms with Gasteiger partial charge >= 0.3 is 0 Å². The summed E-state index contributed by atoms with van der Waals surface area (Å²) in [4.78, 5) is 4.60. The highest BCUT2D eigenvalue weighted by Crippen LogP contribution is 2.27.